The first-order valence-corrected chi connectivity index (χ1v) is 7.65. The zero-order chi connectivity index (χ0) is 16.9. The third-order valence-electron chi connectivity index (χ3n) is 3.80. The van der Waals surface area contributed by atoms with Crippen molar-refractivity contribution < 1.29 is 8.81 Å². The number of likely N-dealkylation sites (N-methyl/N-ethyl adjacent to an activating group) is 1. The van der Waals surface area contributed by atoms with Gasteiger partial charge in [-0.2, -0.15) is 0 Å². The highest BCUT2D eigenvalue weighted by Crippen LogP contribution is 2.19. The number of rotatable bonds is 6. The van der Waals surface area contributed by atoms with Gasteiger partial charge in [0.25, 0.3) is 0 Å². The van der Waals surface area contributed by atoms with Gasteiger partial charge in [0, 0.05) is 36.6 Å². The molecule has 24 heavy (non-hydrogen) atoms. The van der Waals surface area contributed by atoms with E-state index in [1.807, 2.05) is 7.05 Å². The quantitative estimate of drug-likeness (QED) is 0.693. The lowest BCUT2D eigenvalue weighted by Crippen LogP contribution is -2.30. The zero-order valence-electron chi connectivity index (χ0n) is 13.6. The van der Waals surface area contributed by atoms with E-state index < -0.39 is 0 Å². The topological polar surface area (TPSA) is 67.9 Å². The molecule has 0 saturated heterocycles. The minimum Gasteiger partial charge on any atom is -0.419 e. The number of nitrogens with zero attached hydrogens (tertiary/aromatic N) is 5. The molecular weight excluding hydrogens is 309 g/mol. The maximum absolute atomic E-state index is 13.3. The van der Waals surface area contributed by atoms with Crippen molar-refractivity contribution in [2.75, 3.05) is 7.05 Å². The van der Waals surface area contributed by atoms with E-state index in [0.717, 1.165) is 12.1 Å². The zero-order valence-corrected chi connectivity index (χ0v) is 13.6. The minimum absolute atomic E-state index is 0.228. The van der Waals surface area contributed by atoms with Crippen LogP contribution in [0.1, 0.15) is 18.5 Å². The highest BCUT2D eigenvalue weighted by molar-refractivity contribution is 5.52. The van der Waals surface area contributed by atoms with Crippen LogP contribution in [-0.2, 0) is 13.0 Å². The Morgan fingerprint density at radius 2 is 2.12 bits per heavy atom. The van der Waals surface area contributed by atoms with E-state index >= 15 is 0 Å². The van der Waals surface area contributed by atoms with Crippen molar-refractivity contribution in [3.8, 4) is 11.5 Å². The summed E-state index contributed by atoms with van der Waals surface area (Å²) in [4.78, 5) is 10.5. The molecule has 0 N–H and O–H groups in total. The molecule has 0 aliphatic rings. The molecule has 124 valence electrons. The Hall–Kier alpha value is -2.67. The molecule has 0 aliphatic carbocycles. The second-order valence-corrected chi connectivity index (χ2v) is 5.68. The molecule has 0 bridgehead atoms. The van der Waals surface area contributed by atoms with Crippen LogP contribution < -0.4 is 0 Å². The number of halogens is 1. The van der Waals surface area contributed by atoms with Crippen LogP contribution in [-0.4, -0.2) is 38.2 Å². The summed E-state index contributed by atoms with van der Waals surface area (Å²) in [5.74, 6) is 0.476. The first-order chi connectivity index (χ1) is 11.6. The third-order valence-corrected chi connectivity index (χ3v) is 3.80. The fourth-order valence-electron chi connectivity index (χ4n) is 2.32. The molecule has 6 nitrogen and oxygen atoms in total. The molecule has 0 spiro atoms. The van der Waals surface area contributed by atoms with Gasteiger partial charge in [-0.05, 0) is 32.2 Å². The molecule has 1 atom stereocenters. The first kappa shape index (κ1) is 16.2. The van der Waals surface area contributed by atoms with Crippen LogP contribution in [0.4, 0.5) is 4.39 Å². The van der Waals surface area contributed by atoms with E-state index in [1.54, 1.807) is 30.7 Å². The SMILES string of the molecule is CC(Cc1cnccn1)N(C)Cc1nnc(-c2cccc(F)c2)o1. The van der Waals surface area contributed by atoms with Gasteiger partial charge in [0.15, 0.2) is 0 Å². The summed E-state index contributed by atoms with van der Waals surface area (Å²) in [6, 6.07) is 6.33. The summed E-state index contributed by atoms with van der Waals surface area (Å²) in [5.41, 5.74) is 1.51. The molecule has 0 fully saturated rings. The van der Waals surface area contributed by atoms with Crippen LogP contribution in [0.15, 0.2) is 47.3 Å². The van der Waals surface area contributed by atoms with Crippen molar-refractivity contribution in [2.24, 2.45) is 0 Å². The molecule has 0 radical (unpaired) electrons. The summed E-state index contributed by atoms with van der Waals surface area (Å²) in [7, 11) is 1.98. The monoisotopic (exact) mass is 327 g/mol. The van der Waals surface area contributed by atoms with E-state index in [9.17, 15) is 4.39 Å². The Morgan fingerprint density at radius 3 is 2.88 bits per heavy atom. The van der Waals surface area contributed by atoms with Gasteiger partial charge in [0.1, 0.15) is 5.82 Å². The van der Waals surface area contributed by atoms with Crippen molar-refractivity contribution in [3.05, 3.63) is 60.3 Å². The van der Waals surface area contributed by atoms with E-state index in [2.05, 4.69) is 32.0 Å². The van der Waals surface area contributed by atoms with E-state index in [1.165, 1.54) is 12.1 Å². The van der Waals surface area contributed by atoms with Crippen LogP contribution in [0.5, 0.6) is 0 Å². The number of aromatic nitrogens is 4. The largest absolute Gasteiger partial charge is 0.419 e. The van der Waals surface area contributed by atoms with Gasteiger partial charge in [-0.3, -0.25) is 14.9 Å². The Balaban J connectivity index is 1.63. The Bertz CT molecular complexity index is 792. The molecule has 7 heteroatoms. The van der Waals surface area contributed by atoms with Gasteiger partial charge >= 0.3 is 0 Å². The van der Waals surface area contributed by atoms with Crippen molar-refractivity contribution in [2.45, 2.75) is 25.9 Å². The lowest BCUT2D eigenvalue weighted by atomic mass is 10.1. The molecule has 0 saturated carbocycles. The molecule has 1 aromatic carbocycles. The molecule has 0 aliphatic heterocycles. The van der Waals surface area contributed by atoms with E-state index in [0.29, 0.717) is 23.9 Å². The maximum Gasteiger partial charge on any atom is 0.247 e. The second kappa shape index (κ2) is 7.27. The summed E-state index contributed by atoms with van der Waals surface area (Å²) >= 11 is 0. The fraction of sp³-hybridized carbons (Fsp3) is 0.294. The Kier molecular flexibility index (Phi) is 4.90. The highest BCUT2D eigenvalue weighted by atomic mass is 19.1. The van der Waals surface area contributed by atoms with Gasteiger partial charge in [0.2, 0.25) is 11.8 Å². The molecule has 3 aromatic rings. The fourth-order valence-corrected chi connectivity index (χ4v) is 2.32. The predicted octanol–water partition coefficient (Wildman–Crippen LogP) is 2.73. The first-order valence-electron chi connectivity index (χ1n) is 7.65. The molecular formula is C17H18FN5O. The van der Waals surface area contributed by atoms with Crippen molar-refractivity contribution in [3.63, 3.8) is 0 Å². The average Bonchev–Trinajstić information content (AvgIpc) is 3.04. The van der Waals surface area contributed by atoms with Crippen molar-refractivity contribution in [1.29, 1.82) is 0 Å². The summed E-state index contributed by atoms with van der Waals surface area (Å²) in [5, 5.41) is 8.03. The van der Waals surface area contributed by atoms with Crippen molar-refractivity contribution in [1.82, 2.24) is 25.1 Å². The smallest absolute Gasteiger partial charge is 0.247 e. The Labute approximate surface area is 139 Å². The molecule has 2 aromatic heterocycles. The van der Waals surface area contributed by atoms with Crippen LogP contribution in [0.3, 0.4) is 0 Å². The molecule has 1 unspecified atom stereocenters. The highest BCUT2D eigenvalue weighted by Gasteiger charge is 2.15. The third kappa shape index (κ3) is 3.99. The molecule has 0 amide bonds. The number of benzene rings is 1. The molecule has 2 heterocycles. The lowest BCUT2D eigenvalue weighted by molar-refractivity contribution is 0.224. The summed E-state index contributed by atoms with van der Waals surface area (Å²) < 4.78 is 18.9. The van der Waals surface area contributed by atoms with E-state index in [-0.39, 0.29) is 11.9 Å². The molecule has 3 rings (SSSR count). The van der Waals surface area contributed by atoms with Crippen LogP contribution in [0.2, 0.25) is 0 Å². The Morgan fingerprint density at radius 1 is 1.25 bits per heavy atom. The van der Waals surface area contributed by atoms with E-state index in [4.69, 9.17) is 4.42 Å². The standard InChI is InChI=1S/C17H18FN5O/c1-12(8-15-10-19-6-7-20-15)23(2)11-16-21-22-17(24-16)13-4-3-5-14(18)9-13/h3-7,9-10,12H,8,11H2,1-2H3. The number of hydrogen-bond acceptors (Lipinski definition) is 6. The van der Waals surface area contributed by atoms with Gasteiger partial charge < -0.3 is 4.42 Å². The van der Waals surface area contributed by atoms with Gasteiger partial charge in [0.05, 0.1) is 12.2 Å². The van der Waals surface area contributed by atoms with Crippen LogP contribution >= 0.6 is 0 Å². The normalized spacial score (nSPS) is 12.5. The van der Waals surface area contributed by atoms with Crippen LogP contribution in [0.25, 0.3) is 11.5 Å². The van der Waals surface area contributed by atoms with Crippen molar-refractivity contribution >= 4 is 0 Å². The average molecular weight is 327 g/mol. The van der Waals surface area contributed by atoms with Gasteiger partial charge in [-0.25, -0.2) is 4.39 Å². The lowest BCUT2D eigenvalue weighted by Gasteiger charge is -2.22. The van der Waals surface area contributed by atoms with Gasteiger partial charge in [-0.15, -0.1) is 10.2 Å². The number of hydrogen-bond donors (Lipinski definition) is 0. The van der Waals surface area contributed by atoms with Gasteiger partial charge in [-0.1, -0.05) is 6.07 Å². The van der Waals surface area contributed by atoms with Crippen LogP contribution in [0, 0.1) is 5.82 Å². The minimum atomic E-state index is -0.332. The predicted molar refractivity (Wildman–Crippen MR) is 86.4 cm³/mol. The maximum atomic E-state index is 13.3. The summed E-state index contributed by atoms with van der Waals surface area (Å²) in [6.45, 7) is 2.60. The summed E-state index contributed by atoms with van der Waals surface area (Å²) in [6.07, 6.45) is 5.88. The second-order valence-electron chi connectivity index (χ2n) is 5.68.